The third kappa shape index (κ3) is 4.39. The molecular formula is C21H19N7O2S2. The monoisotopic (exact) mass is 465 g/mol. The van der Waals surface area contributed by atoms with E-state index in [1.165, 1.54) is 6.33 Å². The van der Waals surface area contributed by atoms with Gasteiger partial charge in [0.25, 0.3) is 0 Å². The molecule has 9 nitrogen and oxygen atoms in total. The van der Waals surface area contributed by atoms with E-state index < -0.39 is 5.97 Å². The molecule has 0 spiro atoms. The van der Waals surface area contributed by atoms with Crippen molar-refractivity contribution in [3.8, 4) is 0 Å². The normalized spacial score (nSPS) is 12.2. The summed E-state index contributed by atoms with van der Waals surface area (Å²) in [5, 5.41) is 13.9. The maximum absolute atomic E-state index is 10.7. The number of nitrogens with one attached hydrogen (secondary N) is 1. The van der Waals surface area contributed by atoms with Crippen LogP contribution in [0.1, 0.15) is 24.8 Å². The first-order chi connectivity index (χ1) is 15.7. The van der Waals surface area contributed by atoms with Gasteiger partial charge in [-0.1, -0.05) is 17.8 Å². The lowest BCUT2D eigenvalue weighted by atomic mass is 10.2. The van der Waals surface area contributed by atoms with Gasteiger partial charge in [0.1, 0.15) is 21.9 Å². The molecule has 0 unspecified atom stereocenters. The highest BCUT2D eigenvalue weighted by atomic mass is 32.2. The van der Waals surface area contributed by atoms with E-state index >= 15 is 0 Å². The molecule has 1 aromatic carbocycles. The van der Waals surface area contributed by atoms with Crippen molar-refractivity contribution >= 4 is 52.2 Å². The first kappa shape index (κ1) is 20.7. The summed E-state index contributed by atoms with van der Waals surface area (Å²) < 4.78 is 2.06. The van der Waals surface area contributed by atoms with Crippen LogP contribution in [0, 0.1) is 0 Å². The molecule has 0 saturated heterocycles. The van der Waals surface area contributed by atoms with Crippen LogP contribution in [0.5, 0.6) is 0 Å². The third-order valence-electron chi connectivity index (χ3n) is 4.92. The van der Waals surface area contributed by atoms with Gasteiger partial charge in [0.2, 0.25) is 0 Å². The van der Waals surface area contributed by atoms with Crippen LogP contribution < -0.4 is 5.32 Å². The zero-order chi connectivity index (χ0) is 21.9. The number of hydrogen-bond donors (Lipinski definition) is 2. The average Bonchev–Trinajstić information content (AvgIpc) is 3.21. The van der Waals surface area contributed by atoms with E-state index in [2.05, 4.69) is 53.0 Å². The van der Waals surface area contributed by atoms with Crippen LogP contribution in [0.3, 0.4) is 0 Å². The molecular weight excluding hydrogens is 446 g/mol. The van der Waals surface area contributed by atoms with Gasteiger partial charge in [-0.05, 0) is 36.3 Å². The summed E-state index contributed by atoms with van der Waals surface area (Å²) in [6.07, 6.45) is 8.35. The Bertz CT molecular complexity index is 1290. The molecule has 2 N–H and O–H groups in total. The highest BCUT2D eigenvalue weighted by Crippen LogP contribution is 2.42. The van der Waals surface area contributed by atoms with Gasteiger partial charge in [-0.3, -0.25) is 4.79 Å². The van der Waals surface area contributed by atoms with Crippen LogP contribution in [0.4, 0.5) is 11.5 Å². The quantitative estimate of drug-likeness (QED) is 0.196. The van der Waals surface area contributed by atoms with Gasteiger partial charge in [-0.25, -0.2) is 24.9 Å². The number of nitrogens with zero attached hydrogens (tertiary/aromatic N) is 6. The molecule has 4 heterocycles. The molecule has 0 aliphatic carbocycles. The molecule has 0 saturated carbocycles. The number of aliphatic carboxylic acids is 1. The van der Waals surface area contributed by atoms with Crippen LogP contribution in [-0.2, 0) is 11.3 Å². The maximum atomic E-state index is 10.7. The summed E-state index contributed by atoms with van der Waals surface area (Å²) in [6, 6.07) is 6.31. The Morgan fingerprint density at radius 1 is 1.12 bits per heavy atom. The highest BCUT2D eigenvalue weighted by Gasteiger charge is 2.18. The number of rotatable bonds is 8. The van der Waals surface area contributed by atoms with Crippen LogP contribution in [-0.4, -0.2) is 46.3 Å². The molecule has 0 bridgehead atoms. The van der Waals surface area contributed by atoms with Crippen molar-refractivity contribution in [2.24, 2.45) is 0 Å². The number of benzene rings is 1. The van der Waals surface area contributed by atoms with Crippen molar-refractivity contribution < 1.29 is 9.90 Å². The zero-order valence-corrected chi connectivity index (χ0v) is 18.6. The fourth-order valence-electron chi connectivity index (χ4n) is 3.43. The molecule has 162 valence electrons. The molecule has 32 heavy (non-hydrogen) atoms. The lowest BCUT2D eigenvalue weighted by molar-refractivity contribution is -0.137. The topological polar surface area (TPSA) is 119 Å². The summed E-state index contributed by atoms with van der Waals surface area (Å²) in [5.74, 6) is 0.807. The predicted molar refractivity (Wildman–Crippen MR) is 123 cm³/mol. The zero-order valence-electron chi connectivity index (χ0n) is 16.9. The van der Waals surface area contributed by atoms with E-state index in [4.69, 9.17) is 5.11 Å². The first-order valence-corrected chi connectivity index (χ1v) is 11.9. The molecule has 5 rings (SSSR count). The van der Waals surface area contributed by atoms with E-state index in [0.29, 0.717) is 18.6 Å². The highest BCUT2D eigenvalue weighted by molar-refractivity contribution is 7.99. The van der Waals surface area contributed by atoms with Gasteiger partial charge in [-0.15, -0.1) is 11.8 Å². The van der Waals surface area contributed by atoms with Gasteiger partial charge in [-0.2, -0.15) is 0 Å². The molecule has 11 heteroatoms. The molecule has 3 aromatic heterocycles. The number of aromatic nitrogens is 6. The number of fused-ring (bicyclic) bond motifs is 3. The van der Waals surface area contributed by atoms with Crippen molar-refractivity contribution in [2.75, 3.05) is 11.1 Å². The molecule has 0 amide bonds. The number of carbonyl (C=O) groups is 1. The summed E-state index contributed by atoms with van der Waals surface area (Å²) in [5.41, 5.74) is 3.68. The number of carboxylic acid groups (broad SMARTS) is 1. The van der Waals surface area contributed by atoms with Gasteiger partial charge >= 0.3 is 5.97 Å². The fraction of sp³-hybridized carbons (Fsp3) is 0.238. The van der Waals surface area contributed by atoms with Gasteiger partial charge in [0.05, 0.1) is 12.0 Å². The minimum absolute atomic E-state index is 0.193. The molecule has 0 fully saturated rings. The summed E-state index contributed by atoms with van der Waals surface area (Å²) in [4.78, 5) is 33.7. The number of imidazole rings is 1. The van der Waals surface area contributed by atoms with Crippen molar-refractivity contribution in [3.05, 3.63) is 48.8 Å². The number of carboxylic acids is 1. The molecule has 1 aliphatic heterocycles. The van der Waals surface area contributed by atoms with Crippen LogP contribution in [0.15, 0.2) is 58.2 Å². The second kappa shape index (κ2) is 9.13. The predicted octanol–water partition coefficient (Wildman–Crippen LogP) is 4.22. The van der Waals surface area contributed by atoms with E-state index in [-0.39, 0.29) is 6.42 Å². The van der Waals surface area contributed by atoms with Gasteiger partial charge in [0.15, 0.2) is 11.5 Å². The first-order valence-electron chi connectivity index (χ1n) is 10.1. The Hall–Kier alpha value is -3.18. The molecule has 0 atom stereocenters. The Labute approximate surface area is 192 Å². The second-order valence-corrected chi connectivity index (χ2v) is 9.30. The van der Waals surface area contributed by atoms with Gasteiger partial charge in [0, 0.05) is 30.3 Å². The minimum atomic E-state index is -0.758. The third-order valence-corrected chi connectivity index (χ3v) is 7.05. The Kier molecular flexibility index (Phi) is 5.91. The summed E-state index contributed by atoms with van der Waals surface area (Å²) in [6.45, 7) is 0.628. The number of hydrogen-bond acceptors (Lipinski definition) is 9. The van der Waals surface area contributed by atoms with Crippen LogP contribution in [0.2, 0.25) is 0 Å². The fourth-order valence-corrected chi connectivity index (χ4v) is 5.32. The Morgan fingerprint density at radius 2 is 2.03 bits per heavy atom. The average molecular weight is 466 g/mol. The van der Waals surface area contributed by atoms with E-state index in [9.17, 15) is 4.79 Å². The number of unbranched alkanes of at least 4 members (excludes halogenated alkanes) is 1. The van der Waals surface area contributed by atoms with Crippen molar-refractivity contribution in [2.45, 2.75) is 40.8 Å². The summed E-state index contributed by atoms with van der Waals surface area (Å²) >= 11 is 3.21. The largest absolute Gasteiger partial charge is 0.481 e. The number of anilines is 2. The minimum Gasteiger partial charge on any atom is -0.481 e. The Morgan fingerprint density at radius 3 is 2.94 bits per heavy atom. The van der Waals surface area contributed by atoms with Crippen LogP contribution in [0.25, 0.3) is 11.2 Å². The van der Waals surface area contributed by atoms with E-state index in [1.807, 2.05) is 0 Å². The molecule has 0 radical (unpaired) electrons. The van der Waals surface area contributed by atoms with Crippen LogP contribution >= 0.6 is 23.5 Å². The lowest BCUT2D eigenvalue weighted by Gasteiger charge is -2.19. The molecule has 1 aliphatic rings. The van der Waals surface area contributed by atoms with Crippen molar-refractivity contribution in [3.63, 3.8) is 0 Å². The van der Waals surface area contributed by atoms with E-state index in [1.54, 1.807) is 42.2 Å². The lowest BCUT2D eigenvalue weighted by Crippen LogP contribution is -2.05. The van der Waals surface area contributed by atoms with Crippen molar-refractivity contribution in [1.29, 1.82) is 0 Å². The van der Waals surface area contributed by atoms with E-state index in [0.717, 1.165) is 49.7 Å². The Balaban J connectivity index is 1.34. The van der Waals surface area contributed by atoms with Crippen molar-refractivity contribution in [1.82, 2.24) is 29.5 Å². The maximum Gasteiger partial charge on any atom is 0.303 e. The van der Waals surface area contributed by atoms with Gasteiger partial charge < -0.3 is 15.0 Å². The standard InChI is InChI=1S/C21H19N7O2S2/c29-16(30)3-1-2-8-31-20-17-18(24-11-25-20)26-12-28(17)10-13-4-5-15-14(9-13)27-19-21(32-15)23-7-6-22-19/h4-7,9,11-12H,1-3,8,10H2,(H,22,27)(H,29,30). The smallest absolute Gasteiger partial charge is 0.303 e. The SMILES string of the molecule is O=C(O)CCCCSc1ncnc2ncn(Cc3ccc4c(c3)Nc3nccnc3S4)c12. The second-order valence-electron chi connectivity index (χ2n) is 7.19. The number of thioether (sulfide) groups is 1. The molecule has 4 aromatic rings. The summed E-state index contributed by atoms with van der Waals surface area (Å²) in [7, 11) is 0.